The predicted octanol–water partition coefficient (Wildman–Crippen LogP) is 0.926. The maximum absolute atomic E-state index is 12.0. The van der Waals surface area contributed by atoms with Crippen molar-refractivity contribution in [1.82, 2.24) is 5.32 Å². The van der Waals surface area contributed by atoms with Crippen LogP contribution in [0.15, 0.2) is 29.3 Å². The van der Waals surface area contributed by atoms with Gasteiger partial charge in [0.15, 0.2) is 5.96 Å². The number of benzene rings is 1. The van der Waals surface area contributed by atoms with E-state index in [2.05, 4.69) is 10.3 Å². The Hall–Kier alpha value is -2.61. The fourth-order valence-corrected chi connectivity index (χ4v) is 2.37. The normalized spacial score (nSPS) is 10.3. The Morgan fingerprint density at radius 1 is 1.07 bits per heavy atom. The lowest BCUT2D eigenvalue weighted by Gasteiger charge is -2.08. The van der Waals surface area contributed by atoms with Crippen molar-refractivity contribution in [2.75, 3.05) is 26.2 Å². The number of carbonyl (C=O) groups is 1. The highest BCUT2D eigenvalue weighted by Crippen LogP contribution is 2.13. The van der Waals surface area contributed by atoms with E-state index < -0.39 is 0 Å². The molecule has 8 heteroatoms. The summed E-state index contributed by atoms with van der Waals surface area (Å²) in [6, 6.07) is 7.44. The lowest BCUT2D eigenvalue weighted by Crippen LogP contribution is -2.32. The van der Waals surface area contributed by atoms with Gasteiger partial charge in [0, 0.05) is 19.5 Å². The molecule has 1 aromatic carbocycles. The molecule has 0 saturated carbocycles. The maximum atomic E-state index is 12.0. The van der Waals surface area contributed by atoms with Crippen LogP contribution in [0, 0.1) is 5.41 Å². The van der Waals surface area contributed by atoms with Crippen LogP contribution in [-0.4, -0.2) is 43.8 Å². The molecule has 0 unspecified atom stereocenters. The van der Waals surface area contributed by atoms with Crippen molar-refractivity contribution < 1.29 is 9.53 Å². The highest BCUT2D eigenvalue weighted by atomic mass is 16.5. The summed E-state index contributed by atoms with van der Waals surface area (Å²) in [4.78, 5) is 15.9. The molecular formula is C19H32N6O2. The molecule has 0 fully saturated rings. The van der Waals surface area contributed by atoms with Crippen LogP contribution in [0.2, 0.25) is 0 Å². The first-order chi connectivity index (χ1) is 13.0. The van der Waals surface area contributed by atoms with Gasteiger partial charge in [-0.1, -0.05) is 25.0 Å². The molecule has 8 N–H and O–H groups in total. The summed E-state index contributed by atoms with van der Waals surface area (Å²) in [6.45, 7) is 2.39. The van der Waals surface area contributed by atoms with Crippen molar-refractivity contribution in [3.8, 4) is 5.75 Å². The van der Waals surface area contributed by atoms with E-state index >= 15 is 0 Å². The summed E-state index contributed by atoms with van der Waals surface area (Å²) in [7, 11) is 0. The molecule has 0 aliphatic rings. The molecule has 0 aliphatic heterocycles. The van der Waals surface area contributed by atoms with Gasteiger partial charge in [-0.2, -0.15) is 0 Å². The number of hydrogen-bond acceptors (Lipinski definition) is 5. The largest absolute Gasteiger partial charge is 0.494 e. The van der Waals surface area contributed by atoms with Crippen molar-refractivity contribution in [1.29, 1.82) is 5.41 Å². The molecule has 0 aromatic heterocycles. The first kappa shape index (κ1) is 22.4. The van der Waals surface area contributed by atoms with Gasteiger partial charge in [0.05, 0.1) is 6.61 Å². The average molecular weight is 377 g/mol. The van der Waals surface area contributed by atoms with Crippen LogP contribution in [0.3, 0.4) is 0 Å². The minimum Gasteiger partial charge on any atom is -0.494 e. The number of unbranched alkanes of at least 4 members (excludes halogenated alkanes) is 3. The number of nitrogens with two attached hydrogens (primary N) is 3. The highest BCUT2D eigenvalue weighted by Gasteiger charge is 2.09. The number of carbonyl (C=O) groups excluding carboxylic acids is 1. The molecule has 0 saturated heterocycles. The van der Waals surface area contributed by atoms with Gasteiger partial charge in [0.1, 0.15) is 11.5 Å². The minimum atomic E-state index is -0.321. The van der Waals surface area contributed by atoms with Crippen molar-refractivity contribution in [2.45, 2.75) is 38.5 Å². The summed E-state index contributed by atoms with van der Waals surface area (Å²) >= 11 is 0. The number of rotatable bonds is 14. The first-order valence-corrected chi connectivity index (χ1v) is 9.35. The standard InChI is InChI=1S/C19H32N6O2/c20-10-5-13-27-16-8-6-15(7-9-16)14-17(21)18(26)24-11-3-1-2-4-12-25-19(22)23/h6-9,21H,1-5,10-14,20H2,(H,24,26)(H4,22,23,25). The number of hydrogen-bond donors (Lipinski definition) is 5. The smallest absolute Gasteiger partial charge is 0.265 e. The number of ether oxygens (including phenoxy) is 1. The van der Waals surface area contributed by atoms with Crippen molar-refractivity contribution >= 4 is 17.6 Å². The van der Waals surface area contributed by atoms with E-state index in [-0.39, 0.29) is 17.6 Å². The molecule has 0 bridgehead atoms. The van der Waals surface area contributed by atoms with Gasteiger partial charge in [-0.25, -0.2) is 0 Å². The SMILES string of the molecule is N=C(Cc1ccc(OCCCN)cc1)C(=O)NCCCCCCN=C(N)N. The Balaban J connectivity index is 2.18. The molecule has 0 heterocycles. The third-order valence-corrected chi connectivity index (χ3v) is 3.86. The van der Waals surface area contributed by atoms with E-state index in [0.717, 1.165) is 43.4 Å². The highest BCUT2D eigenvalue weighted by molar-refractivity contribution is 6.38. The number of nitrogens with zero attached hydrogens (tertiary/aromatic N) is 1. The molecule has 0 radical (unpaired) electrons. The Labute approximate surface area is 161 Å². The Morgan fingerprint density at radius 3 is 2.44 bits per heavy atom. The van der Waals surface area contributed by atoms with Gasteiger partial charge in [-0.15, -0.1) is 0 Å². The summed E-state index contributed by atoms with van der Waals surface area (Å²) in [5.74, 6) is 0.566. The third-order valence-electron chi connectivity index (χ3n) is 3.86. The summed E-state index contributed by atoms with van der Waals surface area (Å²) in [5.41, 5.74) is 16.9. The summed E-state index contributed by atoms with van der Waals surface area (Å²) < 4.78 is 5.53. The first-order valence-electron chi connectivity index (χ1n) is 9.35. The Kier molecular flexibility index (Phi) is 11.3. The zero-order valence-electron chi connectivity index (χ0n) is 15.9. The van der Waals surface area contributed by atoms with Crippen LogP contribution in [-0.2, 0) is 11.2 Å². The fraction of sp³-hybridized carbons (Fsp3) is 0.526. The van der Waals surface area contributed by atoms with Crippen molar-refractivity contribution in [2.24, 2.45) is 22.2 Å². The van der Waals surface area contributed by atoms with Crippen LogP contribution in [0.25, 0.3) is 0 Å². The zero-order chi connectivity index (χ0) is 19.9. The second-order valence-corrected chi connectivity index (χ2v) is 6.27. The molecule has 8 nitrogen and oxygen atoms in total. The van der Waals surface area contributed by atoms with Gasteiger partial charge in [-0.3, -0.25) is 15.2 Å². The molecule has 27 heavy (non-hydrogen) atoms. The number of nitrogens with one attached hydrogen (secondary N) is 2. The van der Waals surface area contributed by atoms with Crippen LogP contribution in [0.1, 0.15) is 37.7 Å². The van der Waals surface area contributed by atoms with Crippen LogP contribution < -0.4 is 27.3 Å². The molecule has 150 valence electrons. The van der Waals surface area contributed by atoms with Crippen molar-refractivity contribution in [3.63, 3.8) is 0 Å². The quantitative estimate of drug-likeness (QED) is 0.186. The molecule has 1 aromatic rings. The van der Waals surface area contributed by atoms with E-state index in [1.807, 2.05) is 24.3 Å². The van der Waals surface area contributed by atoms with Crippen LogP contribution in [0.5, 0.6) is 5.75 Å². The average Bonchev–Trinajstić information content (AvgIpc) is 2.65. The van der Waals surface area contributed by atoms with E-state index in [1.54, 1.807) is 0 Å². The van der Waals surface area contributed by atoms with Gasteiger partial charge >= 0.3 is 0 Å². The number of guanidine groups is 1. The van der Waals surface area contributed by atoms with E-state index in [4.69, 9.17) is 27.3 Å². The monoisotopic (exact) mass is 376 g/mol. The Bertz CT molecular complexity index is 597. The second kappa shape index (κ2) is 13.6. The van der Waals surface area contributed by atoms with Gasteiger partial charge in [0.2, 0.25) is 0 Å². The summed E-state index contributed by atoms with van der Waals surface area (Å²) in [5, 5.41) is 10.7. The van der Waals surface area contributed by atoms with Crippen LogP contribution in [0.4, 0.5) is 0 Å². The topological polar surface area (TPSA) is 153 Å². The van der Waals surface area contributed by atoms with E-state index in [1.165, 1.54) is 0 Å². The molecule has 0 spiro atoms. The predicted molar refractivity (Wildman–Crippen MR) is 109 cm³/mol. The minimum absolute atomic E-state index is 0.0551. The van der Waals surface area contributed by atoms with Gasteiger partial charge < -0.3 is 27.3 Å². The van der Waals surface area contributed by atoms with Gasteiger partial charge in [0.25, 0.3) is 5.91 Å². The maximum Gasteiger partial charge on any atom is 0.265 e. The zero-order valence-corrected chi connectivity index (χ0v) is 15.9. The second-order valence-electron chi connectivity index (χ2n) is 6.27. The van der Waals surface area contributed by atoms with E-state index in [9.17, 15) is 4.79 Å². The molecule has 1 amide bonds. The lowest BCUT2D eigenvalue weighted by atomic mass is 10.1. The number of aliphatic imine (C=N–C) groups is 1. The fourth-order valence-electron chi connectivity index (χ4n) is 2.37. The van der Waals surface area contributed by atoms with Gasteiger partial charge in [-0.05, 0) is 43.5 Å². The molecule has 1 rings (SSSR count). The van der Waals surface area contributed by atoms with Crippen LogP contribution >= 0.6 is 0 Å². The van der Waals surface area contributed by atoms with E-state index in [0.29, 0.717) is 32.7 Å². The molecular weight excluding hydrogens is 344 g/mol. The Morgan fingerprint density at radius 2 is 1.78 bits per heavy atom. The van der Waals surface area contributed by atoms with Crippen molar-refractivity contribution in [3.05, 3.63) is 29.8 Å². The molecule has 0 atom stereocenters. The lowest BCUT2D eigenvalue weighted by molar-refractivity contribution is -0.114. The number of amides is 1. The summed E-state index contributed by atoms with van der Waals surface area (Å²) in [6.07, 6.45) is 4.89. The third kappa shape index (κ3) is 10.9. The molecule has 0 aliphatic carbocycles.